The van der Waals surface area contributed by atoms with Crippen LogP contribution in [0.4, 0.5) is 0 Å². The van der Waals surface area contributed by atoms with E-state index >= 15 is 0 Å². The van der Waals surface area contributed by atoms with E-state index in [2.05, 4.69) is 84.9 Å². The first-order chi connectivity index (χ1) is 10.9. The van der Waals surface area contributed by atoms with Gasteiger partial charge < -0.3 is 37.2 Å². The Morgan fingerprint density at radius 2 is 1.42 bits per heavy atom. The molecule has 0 atom stereocenters. The summed E-state index contributed by atoms with van der Waals surface area (Å²) in [6.45, 7) is 0. The van der Waals surface area contributed by atoms with Gasteiger partial charge in [0.1, 0.15) is 0 Å². The molecule has 4 aromatic carbocycles. The third-order valence-electron chi connectivity index (χ3n) is 4.16. The summed E-state index contributed by atoms with van der Waals surface area (Å²) in [6, 6.07) is 32.8. The molecule has 134 valence electrons. The summed E-state index contributed by atoms with van der Waals surface area (Å²) in [7, 11) is 0. The van der Waals surface area contributed by atoms with Crippen molar-refractivity contribution < 1.29 is 63.1 Å². The molecule has 0 nitrogen and oxygen atoms in total. The van der Waals surface area contributed by atoms with Crippen molar-refractivity contribution in [2.24, 2.45) is 0 Å². The normalized spacial score (nSPS) is 9.69. The number of hydrogen-bond acceptors (Lipinski definition) is 0. The zero-order chi connectivity index (χ0) is 14.8. The molecule has 0 unspecified atom stereocenters. The van der Waals surface area contributed by atoms with E-state index in [0.717, 1.165) is 6.42 Å². The standard InChI is InChI=1S/C13H9.C9H7.3ClH.Hf/c1-3-7-12-10(5-1)9-11-6-2-4-8-13(11)12;1-2-5-9-7-3-6-8(9)4-1;;;;/h1-5,7-8H,9H2;1-7H;3*1H;/q2*-1;;;;/p-3. The maximum Gasteiger partial charge on any atom is 0 e. The van der Waals surface area contributed by atoms with Crippen LogP contribution < -0.4 is 37.2 Å². The monoisotopic (exact) mass is 565 g/mol. The first-order valence-corrected chi connectivity index (χ1v) is 7.60. The molecular formula is C22H16Cl3Hf-5. The van der Waals surface area contributed by atoms with Crippen molar-refractivity contribution in [2.75, 3.05) is 0 Å². The van der Waals surface area contributed by atoms with Crippen molar-refractivity contribution in [3.05, 3.63) is 102 Å². The summed E-state index contributed by atoms with van der Waals surface area (Å²) in [4.78, 5) is 0. The zero-order valence-electron chi connectivity index (χ0n) is 13.9. The molecule has 4 heteroatoms. The van der Waals surface area contributed by atoms with Crippen molar-refractivity contribution in [3.8, 4) is 11.1 Å². The molecule has 0 N–H and O–H groups in total. The molecule has 0 saturated carbocycles. The quantitative estimate of drug-likeness (QED) is 0.136. The van der Waals surface area contributed by atoms with Crippen LogP contribution in [-0.2, 0) is 32.3 Å². The molecule has 5 rings (SSSR count). The number of rotatable bonds is 0. The van der Waals surface area contributed by atoms with Gasteiger partial charge in [-0.15, -0.1) is 35.2 Å². The Bertz CT molecular complexity index is 857. The molecule has 0 aromatic heterocycles. The van der Waals surface area contributed by atoms with Crippen molar-refractivity contribution in [3.63, 3.8) is 0 Å². The van der Waals surface area contributed by atoms with Gasteiger partial charge in [0.15, 0.2) is 0 Å². The van der Waals surface area contributed by atoms with E-state index in [0.29, 0.717) is 0 Å². The fraction of sp³-hybridized carbons (Fsp3) is 0.0455. The van der Waals surface area contributed by atoms with E-state index in [9.17, 15) is 0 Å². The zero-order valence-corrected chi connectivity index (χ0v) is 19.8. The van der Waals surface area contributed by atoms with Crippen LogP contribution in [0.3, 0.4) is 0 Å². The summed E-state index contributed by atoms with van der Waals surface area (Å²) in [5.74, 6) is 0. The fourth-order valence-corrected chi connectivity index (χ4v) is 3.07. The van der Waals surface area contributed by atoms with Gasteiger partial charge in [-0.05, 0) is 6.42 Å². The fourth-order valence-electron chi connectivity index (χ4n) is 3.07. The van der Waals surface area contributed by atoms with E-state index < -0.39 is 0 Å². The second kappa shape index (κ2) is 11.7. The minimum Gasteiger partial charge on any atom is -1.00 e. The van der Waals surface area contributed by atoms with Gasteiger partial charge in [-0.2, -0.15) is 47.3 Å². The smallest absolute Gasteiger partial charge is 0 e. The molecule has 0 fully saturated rings. The van der Waals surface area contributed by atoms with Gasteiger partial charge in [0, 0.05) is 25.8 Å². The van der Waals surface area contributed by atoms with Crippen molar-refractivity contribution >= 4 is 10.8 Å². The molecule has 0 bridgehead atoms. The maximum absolute atomic E-state index is 3.30. The molecule has 0 aliphatic heterocycles. The molecule has 1 aliphatic rings. The number of halogens is 3. The predicted octanol–water partition coefficient (Wildman–Crippen LogP) is -3.37. The van der Waals surface area contributed by atoms with Gasteiger partial charge in [-0.3, -0.25) is 0 Å². The molecule has 4 aromatic rings. The Morgan fingerprint density at radius 3 is 2.23 bits per heavy atom. The topological polar surface area (TPSA) is 0 Å². The van der Waals surface area contributed by atoms with Crippen LogP contribution in [0.2, 0.25) is 0 Å². The van der Waals surface area contributed by atoms with E-state index in [1.165, 1.54) is 33.0 Å². The minimum absolute atomic E-state index is 0. The third-order valence-corrected chi connectivity index (χ3v) is 4.16. The first kappa shape index (κ1) is 25.0. The molecule has 26 heavy (non-hydrogen) atoms. The molecule has 1 aliphatic carbocycles. The Morgan fingerprint density at radius 1 is 0.731 bits per heavy atom. The third kappa shape index (κ3) is 5.27. The van der Waals surface area contributed by atoms with Crippen molar-refractivity contribution in [2.45, 2.75) is 6.42 Å². The van der Waals surface area contributed by atoms with Crippen LogP contribution in [0.5, 0.6) is 0 Å². The van der Waals surface area contributed by atoms with Crippen molar-refractivity contribution in [1.29, 1.82) is 0 Å². The van der Waals surface area contributed by atoms with Crippen LogP contribution >= 0.6 is 0 Å². The SMILES string of the molecule is [Cl-].[Cl-].[Cl-].[Hf].[c-]1cccc2c1Cc1ccccc1-2.c1ccc2[cH-]ccc2c1. The second-order valence-corrected chi connectivity index (χ2v) is 5.55. The van der Waals surface area contributed by atoms with Crippen LogP contribution in [-0.4, -0.2) is 0 Å². The Kier molecular flexibility index (Phi) is 11.2. The van der Waals surface area contributed by atoms with E-state index in [1.54, 1.807) is 0 Å². The number of fused-ring (bicyclic) bond motifs is 4. The van der Waals surface area contributed by atoms with Gasteiger partial charge in [0.25, 0.3) is 0 Å². The van der Waals surface area contributed by atoms with E-state index in [4.69, 9.17) is 0 Å². The number of benzene rings is 3. The Labute approximate surface area is 192 Å². The predicted molar refractivity (Wildman–Crippen MR) is 93.1 cm³/mol. The summed E-state index contributed by atoms with van der Waals surface area (Å²) >= 11 is 0. The first-order valence-electron chi connectivity index (χ1n) is 7.60. The van der Waals surface area contributed by atoms with Crippen LogP contribution in [0, 0.1) is 6.07 Å². The molecule has 0 heterocycles. The average Bonchev–Trinajstić information content (AvgIpc) is 3.19. The molecule has 0 spiro atoms. The molecule has 0 radical (unpaired) electrons. The van der Waals surface area contributed by atoms with Crippen LogP contribution in [0.15, 0.2) is 84.9 Å². The van der Waals surface area contributed by atoms with Gasteiger partial charge in [-0.1, -0.05) is 41.5 Å². The van der Waals surface area contributed by atoms with E-state index in [-0.39, 0.29) is 63.1 Å². The van der Waals surface area contributed by atoms with Crippen LogP contribution in [0.1, 0.15) is 11.1 Å². The summed E-state index contributed by atoms with van der Waals surface area (Å²) in [5, 5.41) is 2.66. The second-order valence-electron chi connectivity index (χ2n) is 5.55. The van der Waals surface area contributed by atoms with Gasteiger partial charge in [0.05, 0.1) is 0 Å². The van der Waals surface area contributed by atoms with Crippen molar-refractivity contribution in [1.82, 2.24) is 0 Å². The Hall–Kier alpha value is -0.990. The average molecular weight is 565 g/mol. The molecule has 0 amide bonds. The summed E-state index contributed by atoms with van der Waals surface area (Å²) in [5.41, 5.74) is 5.51. The minimum atomic E-state index is 0. The molecule has 0 saturated heterocycles. The van der Waals surface area contributed by atoms with Gasteiger partial charge in [0.2, 0.25) is 0 Å². The van der Waals surface area contributed by atoms with E-state index in [1.807, 2.05) is 6.07 Å². The summed E-state index contributed by atoms with van der Waals surface area (Å²) in [6.07, 6.45) is 1.05. The van der Waals surface area contributed by atoms with Gasteiger partial charge in [-0.25, -0.2) is 0 Å². The Balaban J connectivity index is 0.000000436. The molecular weight excluding hydrogens is 549 g/mol. The summed E-state index contributed by atoms with van der Waals surface area (Å²) < 4.78 is 0. The number of hydrogen-bond donors (Lipinski definition) is 0. The van der Waals surface area contributed by atoms with Gasteiger partial charge >= 0.3 is 0 Å². The van der Waals surface area contributed by atoms with Crippen LogP contribution in [0.25, 0.3) is 21.9 Å². The largest absolute Gasteiger partial charge is 1.00 e. The maximum atomic E-state index is 3.30.